The molecular formula is C24H24BrN3O2S. The van der Waals surface area contributed by atoms with Gasteiger partial charge in [0.1, 0.15) is 15.0 Å². The van der Waals surface area contributed by atoms with Crippen molar-refractivity contribution in [2.75, 3.05) is 0 Å². The highest BCUT2D eigenvalue weighted by Gasteiger charge is 2.31. The molecule has 0 spiro atoms. The zero-order chi connectivity index (χ0) is 22.0. The molecule has 2 aromatic heterocycles. The summed E-state index contributed by atoms with van der Waals surface area (Å²) in [4.78, 5) is 4.59. The molecule has 0 amide bonds. The molecule has 0 aliphatic rings. The lowest BCUT2D eigenvalue weighted by Gasteiger charge is -2.29. The Labute approximate surface area is 193 Å². The van der Waals surface area contributed by atoms with Crippen LogP contribution in [0, 0.1) is 0 Å². The van der Waals surface area contributed by atoms with Crippen LogP contribution in [0.25, 0.3) is 22.2 Å². The molecule has 0 fully saturated rings. The number of hydrogen-bond donors (Lipinski definition) is 1. The molecule has 4 rings (SSSR count). The molecule has 2 aromatic carbocycles. The summed E-state index contributed by atoms with van der Waals surface area (Å²) in [5.74, 6) is 0. The SMILES string of the molecule is CC(C)(C)[S+]([O-])NC(Cc1cccc(Br)n1)c1ccccc1-c1noc2ccccc12. The third-order valence-electron chi connectivity index (χ3n) is 4.96. The summed E-state index contributed by atoms with van der Waals surface area (Å²) < 4.78 is 22.3. The summed E-state index contributed by atoms with van der Waals surface area (Å²) in [6, 6.07) is 21.5. The van der Waals surface area contributed by atoms with Crippen LogP contribution in [0.1, 0.15) is 38.1 Å². The van der Waals surface area contributed by atoms with E-state index in [9.17, 15) is 4.55 Å². The Bertz CT molecular complexity index is 1190. The Kier molecular flexibility index (Phi) is 6.48. The highest BCUT2D eigenvalue weighted by atomic mass is 79.9. The number of rotatable bonds is 6. The van der Waals surface area contributed by atoms with Crippen LogP contribution in [0.3, 0.4) is 0 Å². The van der Waals surface area contributed by atoms with Crippen LogP contribution in [0.15, 0.2) is 75.9 Å². The van der Waals surface area contributed by atoms with Crippen molar-refractivity contribution in [2.24, 2.45) is 0 Å². The van der Waals surface area contributed by atoms with Crippen LogP contribution in [-0.2, 0) is 17.8 Å². The highest BCUT2D eigenvalue weighted by Crippen LogP contribution is 2.35. The van der Waals surface area contributed by atoms with Crippen molar-refractivity contribution in [3.05, 3.63) is 82.6 Å². The normalized spacial score (nSPS) is 14.0. The van der Waals surface area contributed by atoms with Crippen molar-refractivity contribution >= 4 is 38.3 Å². The van der Waals surface area contributed by atoms with Crippen LogP contribution >= 0.6 is 15.9 Å². The fraction of sp³-hybridized carbons (Fsp3) is 0.250. The van der Waals surface area contributed by atoms with Crippen LogP contribution < -0.4 is 4.72 Å². The number of pyridine rings is 1. The molecule has 1 N–H and O–H groups in total. The van der Waals surface area contributed by atoms with E-state index in [1.54, 1.807) is 0 Å². The maximum Gasteiger partial charge on any atom is 0.167 e. The van der Waals surface area contributed by atoms with E-state index in [0.717, 1.165) is 38.1 Å². The van der Waals surface area contributed by atoms with Gasteiger partial charge < -0.3 is 9.08 Å². The molecule has 2 atom stereocenters. The van der Waals surface area contributed by atoms with Gasteiger partial charge in [0.2, 0.25) is 0 Å². The molecule has 5 nitrogen and oxygen atoms in total. The number of benzene rings is 2. The second-order valence-electron chi connectivity index (χ2n) is 8.32. The van der Waals surface area contributed by atoms with Gasteiger partial charge in [0.05, 0.1) is 6.04 Å². The van der Waals surface area contributed by atoms with E-state index in [2.05, 4.69) is 30.8 Å². The molecule has 160 valence electrons. The molecule has 0 aliphatic heterocycles. The van der Waals surface area contributed by atoms with Gasteiger partial charge in [0.25, 0.3) is 0 Å². The molecule has 4 aromatic rings. The van der Waals surface area contributed by atoms with E-state index in [1.165, 1.54) is 0 Å². The van der Waals surface area contributed by atoms with Gasteiger partial charge in [0.15, 0.2) is 5.58 Å². The third-order valence-corrected chi connectivity index (χ3v) is 7.01. The minimum atomic E-state index is -1.26. The van der Waals surface area contributed by atoms with E-state index < -0.39 is 16.1 Å². The Morgan fingerprint density at radius 3 is 2.55 bits per heavy atom. The molecular weight excluding hydrogens is 474 g/mol. The highest BCUT2D eigenvalue weighted by molar-refractivity contribution is 9.10. The second-order valence-corrected chi connectivity index (χ2v) is 11.1. The number of halogens is 1. The molecule has 0 radical (unpaired) electrons. The third kappa shape index (κ3) is 5.01. The quantitative estimate of drug-likeness (QED) is 0.261. The topological polar surface area (TPSA) is 74.0 Å². The summed E-state index contributed by atoms with van der Waals surface area (Å²) in [5.41, 5.74) is 4.37. The zero-order valence-corrected chi connectivity index (χ0v) is 20.0. The fourth-order valence-electron chi connectivity index (χ4n) is 3.39. The molecule has 0 saturated carbocycles. The van der Waals surface area contributed by atoms with E-state index >= 15 is 0 Å². The molecule has 7 heteroatoms. The maximum absolute atomic E-state index is 13.1. The molecule has 2 unspecified atom stereocenters. The summed E-state index contributed by atoms with van der Waals surface area (Å²) in [6.07, 6.45) is 0.577. The first-order valence-corrected chi connectivity index (χ1v) is 12.0. The van der Waals surface area contributed by atoms with Crippen LogP contribution in [0.2, 0.25) is 0 Å². The lowest BCUT2D eigenvalue weighted by molar-refractivity contribution is 0.459. The predicted molar refractivity (Wildman–Crippen MR) is 129 cm³/mol. The first-order valence-electron chi connectivity index (χ1n) is 10.1. The van der Waals surface area contributed by atoms with Crippen molar-refractivity contribution in [3.63, 3.8) is 0 Å². The lowest BCUT2D eigenvalue weighted by Crippen LogP contribution is -2.42. The first-order chi connectivity index (χ1) is 14.8. The summed E-state index contributed by atoms with van der Waals surface area (Å²) in [7, 11) is 0. The van der Waals surface area contributed by atoms with Gasteiger partial charge in [-0.2, -0.15) is 0 Å². The Balaban J connectivity index is 1.79. The van der Waals surface area contributed by atoms with E-state index in [0.29, 0.717) is 6.42 Å². The minimum absolute atomic E-state index is 0.228. The van der Waals surface area contributed by atoms with E-state index in [1.807, 2.05) is 87.5 Å². The van der Waals surface area contributed by atoms with Crippen molar-refractivity contribution in [1.82, 2.24) is 14.9 Å². The Morgan fingerprint density at radius 2 is 1.77 bits per heavy atom. The summed E-state index contributed by atoms with van der Waals surface area (Å²) >= 11 is 2.19. The zero-order valence-electron chi connectivity index (χ0n) is 17.6. The van der Waals surface area contributed by atoms with Crippen LogP contribution in [-0.4, -0.2) is 19.4 Å². The monoisotopic (exact) mass is 497 g/mol. The molecule has 0 saturated heterocycles. The largest absolute Gasteiger partial charge is 0.598 e. The van der Waals surface area contributed by atoms with E-state index in [4.69, 9.17) is 4.52 Å². The van der Waals surface area contributed by atoms with Crippen molar-refractivity contribution in [3.8, 4) is 11.3 Å². The average molecular weight is 498 g/mol. The van der Waals surface area contributed by atoms with Crippen LogP contribution in [0.4, 0.5) is 0 Å². The van der Waals surface area contributed by atoms with Gasteiger partial charge in [0, 0.05) is 34.4 Å². The molecule has 0 aliphatic carbocycles. The predicted octanol–water partition coefficient (Wildman–Crippen LogP) is 5.99. The van der Waals surface area contributed by atoms with Gasteiger partial charge in [-0.15, -0.1) is 4.72 Å². The first kappa shape index (κ1) is 22.0. The van der Waals surface area contributed by atoms with Gasteiger partial charge in [-0.05, 0) is 66.5 Å². The number of para-hydroxylation sites is 1. The minimum Gasteiger partial charge on any atom is -0.598 e. The number of nitrogens with one attached hydrogen (secondary N) is 1. The van der Waals surface area contributed by atoms with Crippen LogP contribution in [0.5, 0.6) is 0 Å². The van der Waals surface area contributed by atoms with Gasteiger partial charge in [-0.3, -0.25) is 0 Å². The average Bonchev–Trinajstić information content (AvgIpc) is 3.16. The number of nitrogens with zero attached hydrogens (tertiary/aromatic N) is 2. The lowest BCUT2D eigenvalue weighted by atomic mass is 9.94. The number of hydrogen-bond acceptors (Lipinski definition) is 5. The fourth-order valence-corrected chi connectivity index (χ4v) is 4.59. The standard InChI is InChI=1S/C24H24BrN3O2S/c1-24(2,3)31(29)28-20(15-16-9-8-14-22(25)26-16)17-10-4-5-11-18(17)23-19-12-6-7-13-21(19)30-27-23/h4-14,20,28H,15H2,1-3H3. The smallest absolute Gasteiger partial charge is 0.167 e. The summed E-state index contributed by atoms with van der Waals surface area (Å²) in [5, 5.41) is 5.31. The van der Waals surface area contributed by atoms with Gasteiger partial charge >= 0.3 is 0 Å². The molecule has 2 heterocycles. The number of aromatic nitrogens is 2. The maximum atomic E-state index is 13.1. The Hall–Kier alpha value is -2.19. The number of fused-ring (bicyclic) bond motifs is 1. The van der Waals surface area contributed by atoms with Crippen molar-refractivity contribution in [2.45, 2.75) is 38.0 Å². The van der Waals surface area contributed by atoms with Crippen molar-refractivity contribution < 1.29 is 9.08 Å². The van der Waals surface area contributed by atoms with Crippen molar-refractivity contribution in [1.29, 1.82) is 0 Å². The summed E-state index contributed by atoms with van der Waals surface area (Å²) in [6.45, 7) is 5.88. The molecule has 31 heavy (non-hydrogen) atoms. The Morgan fingerprint density at radius 1 is 1.03 bits per heavy atom. The van der Waals surface area contributed by atoms with Gasteiger partial charge in [-0.1, -0.05) is 47.6 Å². The second kappa shape index (κ2) is 9.12. The van der Waals surface area contributed by atoms with Gasteiger partial charge in [-0.25, -0.2) is 4.98 Å². The van der Waals surface area contributed by atoms with E-state index in [-0.39, 0.29) is 6.04 Å². The molecule has 0 bridgehead atoms.